The summed E-state index contributed by atoms with van der Waals surface area (Å²) in [5, 5.41) is 10.1. The van der Waals surface area contributed by atoms with E-state index in [0.717, 1.165) is 19.4 Å². The van der Waals surface area contributed by atoms with E-state index in [1.165, 1.54) is 5.56 Å². The highest BCUT2D eigenvalue weighted by Gasteiger charge is 2.39. The Kier molecular flexibility index (Phi) is 5.80. The fraction of sp³-hybridized carbons (Fsp3) is 0.273. The number of benzene rings is 2. The molecular weight excluding hydrogens is 352 g/mol. The van der Waals surface area contributed by atoms with Crippen LogP contribution < -0.4 is 17.2 Å². The van der Waals surface area contributed by atoms with E-state index in [1.807, 2.05) is 24.3 Å². The van der Waals surface area contributed by atoms with Gasteiger partial charge in [0.15, 0.2) is 0 Å². The zero-order valence-corrected chi connectivity index (χ0v) is 16.1. The molecule has 3 rings (SSSR count). The number of rotatable bonds is 6. The Labute approximate surface area is 165 Å². The van der Waals surface area contributed by atoms with Gasteiger partial charge >= 0.3 is 0 Å². The highest BCUT2D eigenvalue weighted by atomic mass is 16.5. The molecule has 0 spiro atoms. The first-order chi connectivity index (χ1) is 13.4. The average molecular weight is 380 g/mol. The Hall–Kier alpha value is -3.12. The van der Waals surface area contributed by atoms with Gasteiger partial charge in [0.2, 0.25) is 0 Å². The smallest absolute Gasteiger partial charge is 0.124 e. The molecule has 0 saturated carbocycles. The zero-order chi connectivity index (χ0) is 20.1. The minimum atomic E-state index is -0.320. The molecule has 1 aliphatic rings. The fourth-order valence-corrected chi connectivity index (χ4v) is 3.70. The lowest BCUT2D eigenvalue weighted by molar-refractivity contribution is 0.00128. The number of allylic oxidation sites excluding steroid dienone is 1. The maximum absolute atomic E-state index is 10.1. The van der Waals surface area contributed by atoms with Gasteiger partial charge in [0.25, 0.3) is 0 Å². The lowest BCUT2D eigenvalue weighted by atomic mass is 9.93. The normalized spacial score (nSPS) is 19.6. The van der Waals surface area contributed by atoms with Crippen molar-refractivity contribution < 1.29 is 9.84 Å². The number of phenolic OH excluding ortho intramolecular Hbond substituents is 1. The molecule has 28 heavy (non-hydrogen) atoms. The number of hydrogen-bond acceptors (Lipinski definition) is 6. The first-order valence-electron chi connectivity index (χ1n) is 9.29. The van der Waals surface area contributed by atoms with Crippen LogP contribution in [-0.4, -0.2) is 35.8 Å². The van der Waals surface area contributed by atoms with E-state index in [4.69, 9.17) is 21.9 Å². The maximum Gasteiger partial charge on any atom is 0.124 e. The van der Waals surface area contributed by atoms with Crippen LogP contribution in [0.3, 0.4) is 0 Å². The van der Waals surface area contributed by atoms with Crippen molar-refractivity contribution in [3.63, 3.8) is 0 Å². The molecule has 1 unspecified atom stereocenters. The van der Waals surface area contributed by atoms with Crippen molar-refractivity contribution in [1.82, 2.24) is 4.90 Å². The van der Waals surface area contributed by atoms with E-state index in [9.17, 15) is 5.11 Å². The van der Waals surface area contributed by atoms with E-state index in [1.54, 1.807) is 31.4 Å². The van der Waals surface area contributed by atoms with Gasteiger partial charge in [0, 0.05) is 37.9 Å². The second kappa shape index (κ2) is 8.27. The number of nitrogens with zero attached hydrogens (tertiary/aromatic N) is 1. The molecule has 0 aliphatic carbocycles. The standard InChI is InChI=1S/C22H28N4O2/c1-28-22(14-16-7-3-2-4-8-16)11-12-26(15-22)19(21(24)25)13-18(23)17-9-5-6-10-20(17)27/h2-10,13,27H,11-12,14-15,23-25H2,1H3/b18-13-. The number of aromatic hydroxyl groups is 1. The van der Waals surface area contributed by atoms with Crippen molar-refractivity contribution >= 4 is 5.70 Å². The number of hydrogen-bond donors (Lipinski definition) is 4. The minimum absolute atomic E-state index is 0.114. The third-order valence-corrected chi connectivity index (χ3v) is 5.26. The van der Waals surface area contributed by atoms with Crippen molar-refractivity contribution in [2.24, 2.45) is 17.2 Å². The highest BCUT2D eigenvalue weighted by molar-refractivity contribution is 5.69. The second-order valence-corrected chi connectivity index (χ2v) is 7.18. The summed E-state index contributed by atoms with van der Waals surface area (Å²) < 4.78 is 5.93. The molecule has 148 valence electrons. The van der Waals surface area contributed by atoms with Crippen molar-refractivity contribution in [2.75, 3.05) is 20.2 Å². The van der Waals surface area contributed by atoms with Gasteiger partial charge in [-0.3, -0.25) is 0 Å². The molecule has 0 radical (unpaired) electrons. The van der Waals surface area contributed by atoms with Crippen molar-refractivity contribution in [2.45, 2.75) is 18.4 Å². The lowest BCUT2D eigenvalue weighted by Crippen LogP contribution is -2.38. The predicted molar refractivity (Wildman–Crippen MR) is 112 cm³/mol. The molecular formula is C22H28N4O2. The molecule has 0 bridgehead atoms. The van der Waals surface area contributed by atoms with E-state index >= 15 is 0 Å². The van der Waals surface area contributed by atoms with Gasteiger partial charge in [0.05, 0.1) is 11.3 Å². The Bertz CT molecular complexity index is 875. The van der Waals surface area contributed by atoms with Gasteiger partial charge in [-0.25, -0.2) is 0 Å². The van der Waals surface area contributed by atoms with Crippen LogP contribution in [0.4, 0.5) is 0 Å². The monoisotopic (exact) mass is 380 g/mol. The van der Waals surface area contributed by atoms with Gasteiger partial charge < -0.3 is 31.9 Å². The van der Waals surface area contributed by atoms with Crippen LogP contribution in [0.5, 0.6) is 5.75 Å². The molecule has 0 aromatic heterocycles. The first kappa shape index (κ1) is 19.6. The molecule has 0 amide bonds. The van der Waals surface area contributed by atoms with Crippen LogP contribution in [0.2, 0.25) is 0 Å². The summed E-state index contributed by atoms with van der Waals surface area (Å²) in [5.41, 5.74) is 20.7. The average Bonchev–Trinajstić information content (AvgIpc) is 3.11. The molecule has 7 N–H and O–H groups in total. The molecule has 1 fully saturated rings. The second-order valence-electron chi connectivity index (χ2n) is 7.18. The van der Waals surface area contributed by atoms with Gasteiger partial charge in [0.1, 0.15) is 11.6 Å². The molecule has 1 saturated heterocycles. The Morgan fingerprint density at radius 3 is 2.43 bits per heavy atom. The van der Waals surface area contributed by atoms with E-state index < -0.39 is 0 Å². The summed E-state index contributed by atoms with van der Waals surface area (Å²) in [7, 11) is 1.74. The van der Waals surface area contributed by atoms with Gasteiger partial charge in [-0.15, -0.1) is 0 Å². The molecule has 1 heterocycles. The van der Waals surface area contributed by atoms with Crippen LogP contribution in [0.25, 0.3) is 5.70 Å². The SMILES string of the molecule is COC1(Cc2ccccc2)CCN(C(/C=C(\N)c2ccccc2O)=C(N)N)C1. The summed E-state index contributed by atoms with van der Waals surface area (Å²) in [4.78, 5) is 2.09. The van der Waals surface area contributed by atoms with Crippen molar-refractivity contribution in [3.05, 3.63) is 83.3 Å². The maximum atomic E-state index is 10.1. The number of phenols is 1. The minimum Gasteiger partial charge on any atom is -0.507 e. The quantitative estimate of drug-likeness (QED) is 0.571. The van der Waals surface area contributed by atoms with Crippen molar-refractivity contribution in [1.29, 1.82) is 0 Å². The number of nitrogens with two attached hydrogens (primary N) is 3. The Morgan fingerprint density at radius 1 is 1.11 bits per heavy atom. The molecule has 2 aromatic carbocycles. The van der Waals surface area contributed by atoms with Crippen LogP contribution >= 0.6 is 0 Å². The number of likely N-dealkylation sites (tertiary alicyclic amines) is 1. The van der Waals surface area contributed by atoms with E-state index in [0.29, 0.717) is 23.5 Å². The summed E-state index contributed by atoms with van der Waals surface area (Å²) in [6.45, 7) is 1.40. The number of ether oxygens (including phenoxy) is 1. The van der Waals surface area contributed by atoms with Crippen LogP contribution in [0.15, 0.2) is 72.2 Å². The third kappa shape index (κ3) is 4.23. The predicted octanol–water partition coefficient (Wildman–Crippen LogP) is 2.11. The highest BCUT2D eigenvalue weighted by Crippen LogP contribution is 2.32. The zero-order valence-electron chi connectivity index (χ0n) is 16.1. The van der Waals surface area contributed by atoms with Crippen molar-refractivity contribution in [3.8, 4) is 5.75 Å². The van der Waals surface area contributed by atoms with Crippen LogP contribution in [0.1, 0.15) is 17.5 Å². The molecule has 6 heteroatoms. The molecule has 1 aliphatic heterocycles. The first-order valence-corrected chi connectivity index (χ1v) is 9.29. The molecule has 6 nitrogen and oxygen atoms in total. The Morgan fingerprint density at radius 2 is 1.79 bits per heavy atom. The Balaban J connectivity index is 1.83. The van der Waals surface area contributed by atoms with Gasteiger partial charge in [-0.1, -0.05) is 42.5 Å². The van der Waals surface area contributed by atoms with Crippen LogP contribution in [0, 0.1) is 0 Å². The number of para-hydroxylation sites is 1. The summed E-state index contributed by atoms with van der Waals surface area (Å²) in [6.07, 6.45) is 3.37. The summed E-state index contributed by atoms with van der Waals surface area (Å²) in [5.74, 6) is 0.299. The lowest BCUT2D eigenvalue weighted by Gasteiger charge is -2.29. The molecule has 1 atom stereocenters. The summed E-state index contributed by atoms with van der Waals surface area (Å²) in [6, 6.07) is 17.2. The van der Waals surface area contributed by atoms with Gasteiger partial charge in [-0.05, 0) is 30.2 Å². The topological polar surface area (TPSA) is 111 Å². The third-order valence-electron chi connectivity index (χ3n) is 5.26. The fourth-order valence-electron chi connectivity index (χ4n) is 3.70. The largest absolute Gasteiger partial charge is 0.507 e. The summed E-state index contributed by atoms with van der Waals surface area (Å²) >= 11 is 0. The van der Waals surface area contributed by atoms with Crippen LogP contribution in [-0.2, 0) is 11.2 Å². The van der Waals surface area contributed by atoms with Gasteiger partial charge in [-0.2, -0.15) is 0 Å². The number of methoxy groups -OCH3 is 1. The molecule has 2 aromatic rings. The van der Waals surface area contributed by atoms with E-state index in [-0.39, 0.29) is 17.2 Å². The van der Waals surface area contributed by atoms with E-state index in [2.05, 4.69) is 17.0 Å².